The van der Waals surface area contributed by atoms with Crippen LogP contribution in [0.15, 0.2) is 46.2 Å². The van der Waals surface area contributed by atoms with Crippen LogP contribution in [0.25, 0.3) is 0 Å². The van der Waals surface area contributed by atoms with E-state index in [0.29, 0.717) is 40.5 Å². The minimum atomic E-state index is -0.417. The molecule has 5 rings (SSSR count). The first-order valence-electron chi connectivity index (χ1n) is 11.9. The number of aromatic nitrogens is 3. The molecule has 3 unspecified atom stereocenters. The van der Waals surface area contributed by atoms with Crippen LogP contribution in [0, 0.1) is 11.8 Å². The van der Waals surface area contributed by atoms with Crippen LogP contribution in [-0.2, 0) is 11.3 Å². The summed E-state index contributed by atoms with van der Waals surface area (Å²) < 4.78 is 13.1. The summed E-state index contributed by atoms with van der Waals surface area (Å²) in [4.78, 5) is 27.2. The Hall–Kier alpha value is -3.27. The van der Waals surface area contributed by atoms with Crippen LogP contribution in [0.1, 0.15) is 43.3 Å². The summed E-state index contributed by atoms with van der Waals surface area (Å²) in [7, 11) is 0. The topological polar surface area (TPSA) is 102 Å². The van der Waals surface area contributed by atoms with Crippen molar-refractivity contribution in [2.45, 2.75) is 44.1 Å². The van der Waals surface area contributed by atoms with Gasteiger partial charge < -0.3 is 19.4 Å². The first-order valence-corrected chi connectivity index (χ1v) is 12.7. The van der Waals surface area contributed by atoms with Crippen LogP contribution >= 0.6 is 11.8 Å². The largest absolute Gasteiger partial charge is 0.482 e. The standard InChI is InChI=1S/C25H29N5O4S/c1-15-9-16(2)12-29(11-15)24-27-28-25(30(24)13-19-5-4-8-33-19)35-17(3)23(32)18-6-7-21-20(10-18)26-22(31)14-34-21/h4-8,10,15-17H,9,11-14H2,1-3H3,(H,26,31). The summed E-state index contributed by atoms with van der Waals surface area (Å²) in [5, 5.41) is 12.0. The quantitative estimate of drug-likeness (QED) is 0.386. The van der Waals surface area contributed by atoms with Crippen LogP contribution in [0.2, 0.25) is 0 Å². The molecule has 0 bridgehead atoms. The molecule has 184 valence electrons. The van der Waals surface area contributed by atoms with E-state index >= 15 is 0 Å². The minimum Gasteiger partial charge on any atom is -0.482 e. The van der Waals surface area contributed by atoms with Gasteiger partial charge in [0.2, 0.25) is 5.95 Å². The number of fused-ring (bicyclic) bond motifs is 1. The normalized spacial score (nSPS) is 20.7. The highest BCUT2D eigenvalue weighted by Gasteiger charge is 2.29. The Bertz CT molecular complexity index is 1210. The number of nitrogens with one attached hydrogen (secondary N) is 1. The van der Waals surface area contributed by atoms with Crippen LogP contribution in [0.3, 0.4) is 0 Å². The van der Waals surface area contributed by atoms with Gasteiger partial charge in [-0.25, -0.2) is 0 Å². The number of thioether (sulfide) groups is 1. The van der Waals surface area contributed by atoms with Gasteiger partial charge in [0.05, 0.1) is 23.7 Å². The molecule has 3 aromatic rings. The number of ketones is 1. The molecule has 0 saturated carbocycles. The van der Waals surface area contributed by atoms with Crippen molar-refractivity contribution < 1.29 is 18.7 Å². The molecular formula is C25H29N5O4S. The number of Topliss-reactive ketones (excluding diaryl/α,β-unsaturated/α-hetero) is 1. The fraction of sp³-hybridized carbons (Fsp3) is 0.440. The fourth-order valence-corrected chi connectivity index (χ4v) is 5.73. The lowest BCUT2D eigenvalue weighted by atomic mass is 9.92. The summed E-state index contributed by atoms with van der Waals surface area (Å²) in [6.07, 6.45) is 2.85. The average Bonchev–Trinajstić information content (AvgIpc) is 3.48. The number of nitrogens with zero attached hydrogens (tertiary/aromatic N) is 4. The maximum atomic E-state index is 13.3. The van der Waals surface area contributed by atoms with Crippen molar-refractivity contribution in [2.24, 2.45) is 11.8 Å². The molecule has 1 fully saturated rings. The summed E-state index contributed by atoms with van der Waals surface area (Å²) in [6, 6.07) is 8.90. The molecule has 0 radical (unpaired) electrons. The Morgan fingerprint density at radius 1 is 1.23 bits per heavy atom. The predicted octanol–water partition coefficient (Wildman–Crippen LogP) is 4.10. The molecule has 2 aliphatic heterocycles. The number of ether oxygens (including phenoxy) is 1. The Balaban J connectivity index is 1.39. The summed E-state index contributed by atoms with van der Waals surface area (Å²) in [5.74, 6) is 3.01. The average molecular weight is 496 g/mol. The van der Waals surface area contributed by atoms with E-state index in [0.717, 1.165) is 24.8 Å². The van der Waals surface area contributed by atoms with Gasteiger partial charge in [-0.05, 0) is 55.5 Å². The molecule has 35 heavy (non-hydrogen) atoms. The number of furan rings is 1. The first kappa shape index (κ1) is 23.5. The molecule has 4 heterocycles. The van der Waals surface area contributed by atoms with Crippen molar-refractivity contribution in [2.75, 3.05) is 29.9 Å². The molecule has 1 N–H and O–H groups in total. The van der Waals surface area contributed by atoms with Crippen LogP contribution < -0.4 is 15.0 Å². The maximum Gasteiger partial charge on any atom is 0.262 e. The zero-order chi connectivity index (χ0) is 24.5. The molecule has 1 amide bonds. The number of piperidine rings is 1. The number of anilines is 2. The van der Waals surface area contributed by atoms with Gasteiger partial charge in [-0.3, -0.25) is 14.2 Å². The van der Waals surface area contributed by atoms with Crippen molar-refractivity contribution in [1.29, 1.82) is 0 Å². The predicted molar refractivity (Wildman–Crippen MR) is 133 cm³/mol. The molecule has 0 spiro atoms. The third kappa shape index (κ3) is 5.07. The van der Waals surface area contributed by atoms with Crippen molar-refractivity contribution in [3.05, 3.63) is 47.9 Å². The molecule has 0 aliphatic carbocycles. The van der Waals surface area contributed by atoms with Crippen molar-refractivity contribution >= 4 is 35.1 Å². The number of amides is 1. The second-order valence-electron chi connectivity index (χ2n) is 9.47. The molecule has 10 heteroatoms. The van der Waals surface area contributed by atoms with Crippen LogP contribution in [0.5, 0.6) is 5.75 Å². The van der Waals surface area contributed by atoms with E-state index in [4.69, 9.17) is 9.15 Å². The van der Waals surface area contributed by atoms with Gasteiger partial charge >= 0.3 is 0 Å². The number of carbonyl (C=O) groups excluding carboxylic acids is 2. The Kier molecular flexibility index (Phi) is 6.55. The minimum absolute atomic E-state index is 0.0191. The van der Waals surface area contributed by atoms with E-state index in [1.807, 2.05) is 23.6 Å². The third-order valence-corrected chi connectivity index (χ3v) is 7.37. The van der Waals surface area contributed by atoms with Gasteiger partial charge in [0.1, 0.15) is 11.5 Å². The molecule has 3 atom stereocenters. The number of hydrogen-bond donors (Lipinski definition) is 1. The van der Waals surface area contributed by atoms with Gasteiger partial charge in [0.15, 0.2) is 17.5 Å². The monoisotopic (exact) mass is 495 g/mol. The van der Waals surface area contributed by atoms with Crippen LogP contribution in [-0.4, -0.2) is 51.4 Å². The smallest absolute Gasteiger partial charge is 0.262 e. The molecule has 2 aliphatic rings. The van der Waals surface area contributed by atoms with E-state index < -0.39 is 5.25 Å². The maximum absolute atomic E-state index is 13.3. The van der Waals surface area contributed by atoms with E-state index in [2.05, 4.69) is 34.3 Å². The Labute approximate surface area is 208 Å². The second kappa shape index (κ2) is 9.77. The molecule has 1 aromatic carbocycles. The molecular weight excluding hydrogens is 466 g/mol. The lowest BCUT2D eigenvalue weighted by Gasteiger charge is -2.35. The number of rotatable bonds is 7. The Morgan fingerprint density at radius 3 is 2.77 bits per heavy atom. The zero-order valence-corrected chi connectivity index (χ0v) is 20.9. The van der Waals surface area contributed by atoms with E-state index in [1.165, 1.54) is 18.2 Å². The van der Waals surface area contributed by atoms with Gasteiger partial charge in [0, 0.05) is 18.7 Å². The number of hydrogen-bond acceptors (Lipinski definition) is 8. The lowest BCUT2D eigenvalue weighted by Crippen LogP contribution is -2.40. The molecule has 2 aromatic heterocycles. The number of benzene rings is 1. The second-order valence-corrected chi connectivity index (χ2v) is 10.8. The van der Waals surface area contributed by atoms with Crippen molar-refractivity contribution in [1.82, 2.24) is 14.8 Å². The van der Waals surface area contributed by atoms with E-state index in [-0.39, 0.29) is 18.3 Å². The highest BCUT2D eigenvalue weighted by atomic mass is 32.2. The van der Waals surface area contributed by atoms with Gasteiger partial charge in [-0.1, -0.05) is 25.6 Å². The van der Waals surface area contributed by atoms with Crippen molar-refractivity contribution in [3.63, 3.8) is 0 Å². The van der Waals surface area contributed by atoms with Gasteiger partial charge in [-0.15, -0.1) is 10.2 Å². The van der Waals surface area contributed by atoms with E-state index in [1.54, 1.807) is 24.5 Å². The van der Waals surface area contributed by atoms with E-state index in [9.17, 15) is 9.59 Å². The van der Waals surface area contributed by atoms with Gasteiger partial charge in [-0.2, -0.15) is 0 Å². The van der Waals surface area contributed by atoms with Gasteiger partial charge in [0.25, 0.3) is 5.91 Å². The summed E-state index contributed by atoms with van der Waals surface area (Å²) in [6.45, 7) is 8.69. The fourth-order valence-electron chi connectivity index (χ4n) is 4.81. The molecule has 9 nitrogen and oxygen atoms in total. The zero-order valence-electron chi connectivity index (χ0n) is 20.1. The highest BCUT2D eigenvalue weighted by molar-refractivity contribution is 8.00. The number of carbonyl (C=O) groups is 2. The first-order chi connectivity index (χ1) is 16.9. The lowest BCUT2D eigenvalue weighted by molar-refractivity contribution is -0.118. The van der Waals surface area contributed by atoms with Crippen molar-refractivity contribution in [3.8, 4) is 5.75 Å². The molecule has 1 saturated heterocycles. The summed E-state index contributed by atoms with van der Waals surface area (Å²) in [5.41, 5.74) is 1.02. The third-order valence-electron chi connectivity index (χ3n) is 6.29. The highest BCUT2D eigenvalue weighted by Crippen LogP contribution is 2.33. The SMILES string of the molecule is CC1CC(C)CN(c2nnc(SC(C)C(=O)c3ccc4c(c3)NC(=O)CO4)n2Cc2ccco2)C1. The Morgan fingerprint density at radius 2 is 2.03 bits per heavy atom. The van der Waals surface area contributed by atoms with Crippen LogP contribution in [0.4, 0.5) is 11.6 Å². The summed E-state index contributed by atoms with van der Waals surface area (Å²) >= 11 is 1.37.